The number of aryl methyl sites for hydroxylation is 1. The molecule has 0 aliphatic heterocycles. The average molecular weight is 308 g/mol. The normalized spacial score (nSPS) is 12.2. The van der Waals surface area contributed by atoms with E-state index in [-0.39, 0.29) is 11.9 Å². The number of rotatable bonds is 3. The van der Waals surface area contributed by atoms with Gasteiger partial charge in [-0.25, -0.2) is 0 Å². The van der Waals surface area contributed by atoms with Gasteiger partial charge >= 0.3 is 0 Å². The van der Waals surface area contributed by atoms with Gasteiger partial charge in [0.2, 0.25) is 0 Å². The first-order chi connectivity index (χ1) is 8.58. The highest BCUT2D eigenvalue weighted by Crippen LogP contribution is 2.16. The molecular weight excluding hydrogens is 294 g/mol. The molecule has 0 radical (unpaired) electrons. The van der Waals surface area contributed by atoms with Gasteiger partial charge in [-0.1, -0.05) is 0 Å². The zero-order valence-electron chi connectivity index (χ0n) is 10.2. The maximum absolute atomic E-state index is 12.1. The summed E-state index contributed by atoms with van der Waals surface area (Å²) in [5.41, 5.74) is 1.66. The molecule has 1 amide bonds. The van der Waals surface area contributed by atoms with Gasteiger partial charge in [-0.05, 0) is 46.6 Å². The van der Waals surface area contributed by atoms with E-state index in [9.17, 15) is 4.79 Å². The first-order valence-corrected chi connectivity index (χ1v) is 6.40. The number of hydrogen-bond acceptors (Lipinski definition) is 2. The fourth-order valence-electron chi connectivity index (χ4n) is 1.76. The second kappa shape index (κ2) is 5.35. The van der Waals surface area contributed by atoms with Gasteiger partial charge in [0.1, 0.15) is 5.69 Å². The lowest BCUT2D eigenvalue weighted by molar-refractivity contribution is 0.0931. The Labute approximate surface area is 114 Å². The molecule has 1 N–H and O–H groups in total. The highest BCUT2D eigenvalue weighted by Gasteiger charge is 2.14. The Morgan fingerprint density at radius 3 is 2.67 bits per heavy atom. The van der Waals surface area contributed by atoms with Crippen molar-refractivity contribution in [3.63, 3.8) is 0 Å². The minimum atomic E-state index is -0.0903. The fraction of sp³-hybridized carbons (Fsp3) is 0.231. The molecule has 5 heteroatoms. The first kappa shape index (κ1) is 12.8. The SMILES string of the molecule is CC(NC(=O)c1cc(Br)cn1C)c1ccncc1. The van der Waals surface area contributed by atoms with Crippen molar-refractivity contribution in [3.8, 4) is 0 Å². The fourth-order valence-corrected chi connectivity index (χ4v) is 2.28. The van der Waals surface area contributed by atoms with Crippen LogP contribution in [0.1, 0.15) is 29.0 Å². The highest BCUT2D eigenvalue weighted by atomic mass is 79.9. The second-order valence-corrected chi connectivity index (χ2v) is 5.05. The van der Waals surface area contributed by atoms with Gasteiger partial charge in [0.05, 0.1) is 6.04 Å². The highest BCUT2D eigenvalue weighted by molar-refractivity contribution is 9.10. The molecule has 2 rings (SSSR count). The molecule has 0 fully saturated rings. The predicted octanol–water partition coefficient (Wildman–Crippen LogP) is 2.67. The van der Waals surface area contributed by atoms with Crippen LogP contribution in [-0.4, -0.2) is 15.5 Å². The lowest BCUT2D eigenvalue weighted by Gasteiger charge is -2.14. The standard InChI is InChI=1S/C13H14BrN3O/c1-9(10-3-5-15-6-4-10)16-13(18)12-7-11(14)8-17(12)2/h3-9H,1-2H3,(H,16,18). The molecule has 0 spiro atoms. The Morgan fingerprint density at radius 2 is 2.11 bits per heavy atom. The summed E-state index contributed by atoms with van der Waals surface area (Å²) in [5, 5.41) is 2.96. The molecule has 94 valence electrons. The second-order valence-electron chi connectivity index (χ2n) is 4.13. The third kappa shape index (κ3) is 2.79. The van der Waals surface area contributed by atoms with Gasteiger partial charge in [0.15, 0.2) is 0 Å². The smallest absolute Gasteiger partial charge is 0.268 e. The summed E-state index contributed by atoms with van der Waals surface area (Å²) in [6.45, 7) is 1.95. The van der Waals surface area contributed by atoms with Crippen LogP contribution in [0.3, 0.4) is 0 Å². The summed E-state index contributed by atoms with van der Waals surface area (Å²) >= 11 is 3.35. The van der Waals surface area contributed by atoms with Crippen molar-refractivity contribution in [1.82, 2.24) is 14.9 Å². The molecule has 1 unspecified atom stereocenters. The average Bonchev–Trinajstić information content (AvgIpc) is 2.69. The van der Waals surface area contributed by atoms with Gasteiger partial charge < -0.3 is 9.88 Å². The quantitative estimate of drug-likeness (QED) is 0.947. The lowest BCUT2D eigenvalue weighted by Crippen LogP contribution is -2.28. The van der Waals surface area contributed by atoms with Crippen molar-refractivity contribution in [2.75, 3.05) is 0 Å². The van der Waals surface area contributed by atoms with Crippen molar-refractivity contribution < 1.29 is 4.79 Å². The van der Waals surface area contributed by atoms with E-state index in [4.69, 9.17) is 0 Å². The molecule has 18 heavy (non-hydrogen) atoms. The van der Waals surface area contributed by atoms with Crippen LogP contribution in [0.4, 0.5) is 0 Å². The van der Waals surface area contributed by atoms with Crippen LogP contribution in [0.15, 0.2) is 41.3 Å². The Balaban J connectivity index is 2.10. The summed E-state index contributed by atoms with van der Waals surface area (Å²) in [7, 11) is 1.84. The van der Waals surface area contributed by atoms with Crippen molar-refractivity contribution in [3.05, 3.63) is 52.5 Å². The summed E-state index contributed by atoms with van der Waals surface area (Å²) < 4.78 is 2.69. The Kier molecular flexibility index (Phi) is 3.81. The molecule has 2 aromatic rings. The van der Waals surface area contributed by atoms with Crippen molar-refractivity contribution in [2.45, 2.75) is 13.0 Å². The van der Waals surface area contributed by atoms with Crippen molar-refractivity contribution in [1.29, 1.82) is 0 Å². The Morgan fingerprint density at radius 1 is 1.44 bits per heavy atom. The summed E-state index contributed by atoms with van der Waals surface area (Å²) in [6, 6.07) is 5.54. The maximum Gasteiger partial charge on any atom is 0.268 e. The van der Waals surface area contributed by atoms with Crippen molar-refractivity contribution in [2.24, 2.45) is 7.05 Å². The largest absolute Gasteiger partial charge is 0.345 e. The number of nitrogens with one attached hydrogen (secondary N) is 1. The molecular formula is C13H14BrN3O. The number of nitrogens with zero attached hydrogens (tertiary/aromatic N) is 2. The Bertz CT molecular complexity index is 551. The summed E-state index contributed by atoms with van der Waals surface area (Å²) in [5.74, 6) is -0.0903. The number of pyridine rings is 1. The zero-order valence-corrected chi connectivity index (χ0v) is 11.8. The van der Waals surface area contributed by atoms with Crippen molar-refractivity contribution >= 4 is 21.8 Å². The first-order valence-electron chi connectivity index (χ1n) is 5.60. The molecule has 4 nitrogen and oxygen atoms in total. The van der Waals surface area contributed by atoms with Crippen LogP contribution < -0.4 is 5.32 Å². The molecule has 0 aromatic carbocycles. The van der Waals surface area contributed by atoms with E-state index in [0.29, 0.717) is 5.69 Å². The zero-order chi connectivity index (χ0) is 13.1. The number of carbonyl (C=O) groups is 1. The van der Waals surface area contributed by atoms with E-state index in [0.717, 1.165) is 10.0 Å². The number of carbonyl (C=O) groups excluding carboxylic acids is 1. The van der Waals surface area contributed by atoms with E-state index in [1.165, 1.54) is 0 Å². The van der Waals surface area contributed by atoms with Crippen LogP contribution >= 0.6 is 15.9 Å². The topological polar surface area (TPSA) is 46.9 Å². The third-order valence-corrected chi connectivity index (χ3v) is 3.19. The molecule has 0 saturated carbocycles. The summed E-state index contributed by atoms with van der Waals surface area (Å²) in [6.07, 6.45) is 5.29. The third-order valence-electron chi connectivity index (χ3n) is 2.76. The van der Waals surface area contributed by atoms with E-state index in [2.05, 4.69) is 26.2 Å². The number of amides is 1. The van der Waals surface area contributed by atoms with E-state index < -0.39 is 0 Å². The van der Waals surface area contributed by atoms with Gasteiger partial charge in [-0.2, -0.15) is 0 Å². The molecule has 0 bridgehead atoms. The van der Waals surface area contributed by atoms with Crippen LogP contribution in [0, 0.1) is 0 Å². The lowest BCUT2D eigenvalue weighted by atomic mass is 10.1. The van der Waals surface area contributed by atoms with Gasteiger partial charge in [-0.3, -0.25) is 9.78 Å². The van der Waals surface area contributed by atoms with Gasteiger partial charge in [0, 0.05) is 30.1 Å². The monoisotopic (exact) mass is 307 g/mol. The minimum Gasteiger partial charge on any atom is -0.345 e. The minimum absolute atomic E-state index is 0.0471. The maximum atomic E-state index is 12.1. The molecule has 0 aliphatic carbocycles. The van der Waals surface area contributed by atoms with Crippen LogP contribution in [-0.2, 0) is 7.05 Å². The number of hydrogen-bond donors (Lipinski definition) is 1. The number of aromatic nitrogens is 2. The molecule has 2 heterocycles. The van der Waals surface area contributed by atoms with Gasteiger partial charge in [0.25, 0.3) is 5.91 Å². The Hall–Kier alpha value is -1.62. The van der Waals surface area contributed by atoms with Crippen LogP contribution in [0.5, 0.6) is 0 Å². The molecule has 1 atom stereocenters. The van der Waals surface area contributed by atoms with E-state index in [1.54, 1.807) is 23.0 Å². The van der Waals surface area contributed by atoms with E-state index >= 15 is 0 Å². The van der Waals surface area contributed by atoms with E-state index in [1.807, 2.05) is 32.3 Å². The predicted molar refractivity (Wildman–Crippen MR) is 73.2 cm³/mol. The molecule has 2 aromatic heterocycles. The van der Waals surface area contributed by atoms with Gasteiger partial charge in [-0.15, -0.1) is 0 Å². The summed E-state index contributed by atoms with van der Waals surface area (Å²) in [4.78, 5) is 16.1. The molecule has 0 aliphatic rings. The number of halogens is 1. The molecule has 0 saturated heterocycles. The van der Waals surface area contributed by atoms with Crippen LogP contribution in [0.2, 0.25) is 0 Å². The van der Waals surface area contributed by atoms with Crippen LogP contribution in [0.25, 0.3) is 0 Å².